The summed E-state index contributed by atoms with van der Waals surface area (Å²) in [5, 5.41) is 0. The quantitative estimate of drug-likeness (QED) is 0.210. The first-order valence-corrected chi connectivity index (χ1v) is 15.7. The fourth-order valence-corrected chi connectivity index (χ4v) is 7.70. The molecule has 0 radical (unpaired) electrons. The summed E-state index contributed by atoms with van der Waals surface area (Å²) in [6.45, 7) is 13.7. The van der Waals surface area contributed by atoms with Crippen molar-refractivity contribution in [2.45, 2.75) is 80.1 Å². The minimum atomic E-state index is 0.0966. The van der Waals surface area contributed by atoms with Gasteiger partial charge in [0.25, 0.3) is 0 Å². The molecule has 41 heavy (non-hydrogen) atoms. The maximum atomic E-state index is 2.60. The van der Waals surface area contributed by atoms with Crippen molar-refractivity contribution < 1.29 is 0 Å². The van der Waals surface area contributed by atoms with Crippen LogP contribution >= 0.6 is 0 Å². The molecular weight excluding hydrogens is 492 g/mol. The van der Waals surface area contributed by atoms with Gasteiger partial charge in [-0.1, -0.05) is 134 Å². The zero-order valence-corrected chi connectivity index (χ0v) is 25.8. The Kier molecular flexibility index (Phi) is 7.37. The third-order valence-electron chi connectivity index (χ3n) is 9.74. The van der Waals surface area contributed by atoms with Crippen LogP contribution in [0.4, 0.5) is 0 Å². The van der Waals surface area contributed by atoms with Crippen molar-refractivity contribution in [3.63, 3.8) is 0 Å². The topological polar surface area (TPSA) is 0 Å². The Morgan fingerprint density at radius 1 is 0.537 bits per heavy atom. The van der Waals surface area contributed by atoms with Crippen molar-refractivity contribution in [1.29, 1.82) is 0 Å². The Bertz CT molecular complexity index is 1560. The Morgan fingerprint density at radius 3 is 1.39 bits per heavy atom. The monoisotopic (exact) mass is 536 g/mol. The number of hydrogen-bond donors (Lipinski definition) is 0. The van der Waals surface area contributed by atoms with E-state index < -0.39 is 0 Å². The van der Waals surface area contributed by atoms with Crippen LogP contribution in [0.1, 0.15) is 84.0 Å². The Balaban J connectivity index is 1.48. The van der Waals surface area contributed by atoms with Gasteiger partial charge in [0.1, 0.15) is 0 Å². The van der Waals surface area contributed by atoms with Gasteiger partial charge < -0.3 is 0 Å². The molecule has 0 nitrogen and oxygen atoms in total. The van der Waals surface area contributed by atoms with Gasteiger partial charge in [-0.2, -0.15) is 0 Å². The minimum absolute atomic E-state index is 0.0966. The number of rotatable bonds is 8. The van der Waals surface area contributed by atoms with Gasteiger partial charge in [-0.05, 0) is 109 Å². The molecule has 0 spiro atoms. The van der Waals surface area contributed by atoms with Crippen LogP contribution < -0.4 is 0 Å². The van der Waals surface area contributed by atoms with Gasteiger partial charge >= 0.3 is 0 Å². The molecule has 0 saturated heterocycles. The predicted molar refractivity (Wildman–Crippen MR) is 178 cm³/mol. The fourth-order valence-electron chi connectivity index (χ4n) is 7.70. The molecule has 0 amide bonds. The SMILES string of the molecule is CCCC(CCC)(C1=Cc2c(cccc2-c2cc(C)ccc2C)C1)C1=Cc2c(cccc2-c2cc(C)ccc2C)C1. The second kappa shape index (κ2) is 11.0. The molecule has 4 aromatic rings. The van der Waals surface area contributed by atoms with E-state index >= 15 is 0 Å². The Hall–Kier alpha value is -3.64. The Labute approximate surface area is 247 Å². The summed E-state index contributed by atoms with van der Waals surface area (Å²) >= 11 is 0. The molecule has 0 unspecified atom stereocenters. The lowest BCUT2D eigenvalue weighted by atomic mass is 9.66. The van der Waals surface area contributed by atoms with Crippen molar-refractivity contribution in [3.8, 4) is 22.3 Å². The molecule has 208 valence electrons. The van der Waals surface area contributed by atoms with Gasteiger partial charge in [-0.15, -0.1) is 0 Å². The molecule has 0 heterocycles. The molecule has 0 N–H and O–H groups in total. The van der Waals surface area contributed by atoms with Crippen LogP contribution in [0.2, 0.25) is 0 Å². The molecule has 0 atom stereocenters. The average Bonchev–Trinajstić information content (AvgIpc) is 3.61. The maximum Gasteiger partial charge on any atom is 0.0134 e. The van der Waals surface area contributed by atoms with Crippen molar-refractivity contribution in [3.05, 3.63) is 128 Å². The molecule has 4 aromatic carbocycles. The number of fused-ring (bicyclic) bond motifs is 2. The van der Waals surface area contributed by atoms with Gasteiger partial charge in [0.2, 0.25) is 0 Å². The second-order valence-corrected chi connectivity index (χ2v) is 12.7. The van der Waals surface area contributed by atoms with E-state index in [2.05, 4.69) is 126 Å². The van der Waals surface area contributed by atoms with Gasteiger partial charge in [0.05, 0.1) is 0 Å². The summed E-state index contributed by atoms with van der Waals surface area (Å²) in [5.74, 6) is 0. The minimum Gasteiger partial charge on any atom is -0.0653 e. The molecule has 0 heteroatoms. The van der Waals surface area contributed by atoms with Crippen LogP contribution in [0.25, 0.3) is 34.4 Å². The van der Waals surface area contributed by atoms with Crippen molar-refractivity contribution in [2.24, 2.45) is 5.41 Å². The number of allylic oxidation sites excluding steroid dienone is 2. The summed E-state index contributed by atoms with van der Waals surface area (Å²) in [6.07, 6.45) is 12.1. The van der Waals surface area contributed by atoms with Crippen molar-refractivity contribution in [1.82, 2.24) is 0 Å². The van der Waals surface area contributed by atoms with E-state index in [0.717, 1.165) is 12.8 Å². The van der Waals surface area contributed by atoms with Gasteiger partial charge in [-0.25, -0.2) is 0 Å². The first kappa shape index (κ1) is 27.5. The van der Waals surface area contributed by atoms with Crippen LogP contribution in [0.15, 0.2) is 83.9 Å². The first-order chi connectivity index (χ1) is 19.8. The van der Waals surface area contributed by atoms with E-state index in [-0.39, 0.29) is 5.41 Å². The van der Waals surface area contributed by atoms with Crippen LogP contribution in [0.5, 0.6) is 0 Å². The van der Waals surface area contributed by atoms with E-state index in [1.54, 1.807) is 11.1 Å². The van der Waals surface area contributed by atoms with E-state index in [4.69, 9.17) is 0 Å². The third kappa shape index (κ3) is 4.82. The molecule has 0 saturated carbocycles. The normalized spacial score (nSPS) is 14.1. The highest BCUT2D eigenvalue weighted by molar-refractivity contribution is 5.86. The molecule has 2 aliphatic rings. The summed E-state index contributed by atoms with van der Waals surface area (Å²) in [4.78, 5) is 0. The lowest BCUT2D eigenvalue weighted by Crippen LogP contribution is -2.26. The van der Waals surface area contributed by atoms with Crippen LogP contribution in [0.3, 0.4) is 0 Å². The predicted octanol–water partition coefficient (Wildman–Crippen LogP) is 11.4. The zero-order chi connectivity index (χ0) is 28.7. The van der Waals surface area contributed by atoms with Gasteiger partial charge in [0, 0.05) is 5.41 Å². The van der Waals surface area contributed by atoms with Crippen LogP contribution in [-0.2, 0) is 12.8 Å². The van der Waals surface area contributed by atoms with E-state index in [1.165, 1.54) is 92.4 Å². The average molecular weight is 537 g/mol. The molecule has 0 aromatic heterocycles. The maximum absolute atomic E-state index is 2.60. The molecule has 2 aliphatic carbocycles. The number of aryl methyl sites for hydroxylation is 4. The van der Waals surface area contributed by atoms with E-state index in [0.29, 0.717) is 0 Å². The smallest absolute Gasteiger partial charge is 0.0134 e. The lowest BCUT2D eigenvalue weighted by Gasteiger charge is -2.37. The van der Waals surface area contributed by atoms with Crippen molar-refractivity contribution >= 4 is 12.2 Å². The van der Waals surface area contributed by atoms with E-state index in [9.17, 15) is 0 Å². The summed E-state index contributed by atoms with van der Waals surface area (Å²) in [5.41, 5.74) is 20.1. The van der Waals surface area contributed by atoms with E-state index in [1.807, 2.05) is 0 Å². The van der Waals surface area contributed by atoms with Gasteiger partial charge in [-0.3, -0.25) is 0 Å². The molecule has 6 rings (SSSR count). The number of hydrogen-bond acceptors (Lipinski definition) is 0. The van der Waals surface area contributed by atoms with Crippen molar-refractivity contribution in [2.75, 3.05) is 0 Å². The lowest BCUT2D eigenvalue weighted by molar-refractivity contribution is 0.349. The molecular formula is C41H44. The third-order valence-corrected chi connectivity index (χ3v) is 9.74. The Morgan fingerprint density at radius 2 is 0.976 bits per heavy atom. The highest BCUT2D eigenvalue weighted by atomic mass is 14.4. The molecule has 0 aliphatic heterocycles. The standard InChI is InChI=1S/C41H44/c1-7-19-41(20-8-2,33-23-31-11-9-13-35(39(31)25-33)37-21-27(3)15-17-29(37)5)34-24-32-12-10-14-36(40(32)26-34)38-22-28(4)16-18-30(38)6/h9-18,21-22,25-26H,7-8,19-20,23-24H2,1-6H3. The second-order valence-electron chi connectivity index (χ2n) is 12.7. The zero-order valence-electron chi connectivity index (χ0n) is 25.8. The van der Waals surface area contributed by atoms with Crippen LogP contribution in [0, 0.1) is 33.1 Å². The summed E-state index contributed by atoms with van der Waals surface area (Å²) in [7, 11) is 0. The first-order valence-electron chi connectivity index (χ1n) is 15.7. The molecule has 0 fully saturated rings. The largest absolute Gasteiger partial charge is 0.0653 e. The highest BCUT2D eigenvalue weighted by Gasteiger charge is 2.40. The highest BCUT2D eigenvalue weighted by Crippen LogP contribution is 2.54. The molecule has 0 bridgehead atoms. The number of benzene rings is 4. The fraction of sp³-hybridized carbons (Fsp3) is 0.317. The summed E-state index contributed by atoms with van der Waals surface area (Å²) in [6, 6.07) is 27.7. The van der Waals surface area contributed by atoms with Crippen LogP contribution in [-0.4, -0.2) is 0 Å². The summed E-state index contributed by atoms with van der Waals surface area (Å²) < 4.78 is 0. The van der Waals surface area contributed by atoms with Gasteiger partial charge in [0.15, 0.2) is 0 Å².